The molecule has 1 aliphatic carbocycles. The minimum absolute atomic E-state index is 0.289. The van der Waals surface area contributed by atoms with E-state index in [1.165, 1.54) is 0 Å². The van der Waals surface area contributed by atoms with Gasteiger partial charge in [-0.3, -0.25) is 9.48 Å². The van der Waals surface area contributed by atoms with Gasteiger partial charge in [0.15, 0.2) is 0 Å². The summed E-state index contributed by atoms with van der Waals surface area (Å²) in [6.45, 7) is 2.66. The van der Waals surface area contributed by atoms with Crippen molar-refractivity contribution in [2.24, 2.45) is 0 Å². The summed E-state index contributed by atoms with van der Waals surface area (Å²) in [7, 11) is 0. The third-order valence-corrected chi connectivity index (χ3v) is 3.09. The van der Waals surface area contributed by atoms with Crippen LogP contribution in [0.1, 0.15) is 25.3 Å². The number of carbonyl (C=O) groups is 1. The predicted molar refractivity (Wildman–Crippen MR) is 52.5 cm³/mol. The third-order valence-electron chi connectivity index (χ3n) is 3.09. The summed E-state index contributed by atoms with van der Waals surface area (Å²) < 4.78 is 1.70. The first-order chi connectivity index (χ1) is 7.08. The standard InChI is InChI=1S/C10H14N2O3/c1-2-12-6-7(5-11-12)10(9(14)15)3-8(13)4-10/h5-6,8,13H,2-4H2,1H3,(H,14,15). The normalized spacial score (nSPS) is 29.9. The third kappa shape index (κ3) is 1.43. The fourth-order valence-corrected chi connectivity index (χ4v) is 2.06. The van der Waals surface area contributed by atoms with Crippen LogP contribution >= 0.6 is 0 Å². The highest BCUT2D eigenvalue weighted by molar-refractivity contribution is 5.82. The zero-order chi connectivity index (χ0) is 11.1. The van der Waals surface area contributed by atoms with Crippen molar-refractivity contribution in [1.29, 1.82) is 0 Å². The van der Waals surface area contributed by atoms with Crippen LogP contribution in [0.2, 0.25) is 0 Å². The van der Waals surface area contributed by atoms with Crippen LogP contribution in [-0.2, 0) is 16.8 Å². The number of nitrogens with zero attached hydrogens (tertiary/aromatic N) is 2. The largest absolute Gasteiger partial charge is 0.481 e. The second-order valence-corrected chi connectivity index (χ2v) is 4.03. The van der Waals surface area contributed by atoms with Gasteiger partial charge in [0.25, 0.3) is 0 Å². The number of aromatic nitrogens is 2. The fourth-order valence-electron chi connectivity index (χ4n) is 2.06. The molecule has 1 aliphatic rings. The Labute approximate surface area is 87.3 Å². The summed E-state index contributed by atoms with van der Waals surface area (Å²) in [5.74, 6) is -0.872. The van der Waals surface area contributed by atoms with Crippen molar-refractivity contribution < 1.29 is 15.0 Å². The SMILES string of the molecule is CCn1cc(C2(C(=O)O)CC(O)C2)cn1. The predicted octanol–water partition coefficient (Wildman–Crippen LogP) is 0.380. The van der Waals surface area contributed by atoms with Crippen molar-refractivity contribution in [2.45, 2.75) is 37.8 Å². The lowest BCUT2D eigenvalue weighted by Gasteiger charge is -2.41. The van der Waals surface area contributed by atoms with E-state index in [0.29, 0.717) is 5.56 Å². The first-order valence-electron chi connectivity index (χ1n) is 5.03. The molecule has 0 unspecified atom stereocenters. The van der Waals surface area contributed by atoms with Crippen LogP contribution in [0.25, 0.3) is 0 Å². The van der Waals surface area contributed by atoms with Gasteiger partial charge < -0.3 is 10.2 Å². The lowest BCUT2D eigenvalue weighted by atomic mass is 9.63. The first-order valence-corrected chi connectivity index (χ1v) is 5.03. The van der Waals surface area contributed by atoms with Crippen LogP contribution in [0.15, 0.2) is 12.4 Å². The van der Waals surface area contributed by atoms with Crippen molar-refractivity contribution in [3.05, 3.63) is 18.0 Å². The molecule has 0 aliphatic heterocycles. The molecule has 0 saturated heterocycles. The molecule has 1 aromatic heterocycles. The van der Waals surface area contributed by atoms with Crippen LogP contribution in [0, 0.1) is 0 Å². The molecule has 0 spiro atoms. The number of hydrogen-bond donors (Lipinski definition) is 2. The second-order valence-electron chi connectivity index (χ2n) is 4.03. The van der Waals surface area contributed by atoms with E-state index in [4.69, 9.17) is 0 Å². The molecule has 0 amide bonds. The van der Waals surface area contributed by atoms with Crippen molar-refractivity contribution in [2.75, 3.05) is 0 Å². The maximum absolute atomic E-state index is 11.2. The number of rotatable bonds is 3. The number of aliphatic hydroxyl groups is 1. The fraction of sp³-hybridized carbons (Fsp3) is 0.600. The van der Waals surface area contributed by atoms with Crippen molar-refractivity contribution in [3.63, 3.8) is 0 Å². The topological polar surface area (TPSA) is 75.4 Å². The van der Waals surface area contributed by atoms with Gasteiger partial charge in [-0.2, -0.15) is 5.10 Å². The number of aryl methyl sites for hydroxylation is 1. The number of hydrogen-bond acceptors (Lipinski definition) is 3. The van der Waals surface area contributed by atoms with E-state index < -0.39 is 17.5 Å². The van der Waals surface area contributed by atoms with E-state index in [1.807, 2.05) is 6.92 Å². The maximum atomic E-state index is 11.2. The van der Waals surface area contributed by atoms with Gasteiger partial charge in [-0.25, -0.2) is 0 Å². The Hall–Kier alpha value is -1.36. The molecule has 0 radical (unpaired) electrons. The number of carboxylic acid groups (broad SMARTS) is 1. The van der Waals surface area contributed by atoms with E-state index >= 15 is 0 Å². The number of aliphatic carboxylic acids is 1. The molecule has 15 heavy (non-hydrogen) atoms. The quantitative estimate of drug-likeness (QED) is 0.756. The van der Waals surface area contributed by atoms with Crippen LogP contribution < -0.4 is 0 Å². The van der Waals surface area contributed by atoms with Crippen LogP contribution in [-0.4, -0.2) is 32.1 Å². The zero-order valence-electron chi connectivity index (χ0n) is 8.55. The molecule has 82 valence electrons. The van der Waals surface area contributed by atoms with Gasteiger partial charge in [0.2, 0.25) is 0 Å². The zero-order valence-corrected chi connectivity index (χ0v) is 8.55. The van der Waals surface area contributed by atoms with E-state index in [1.54, 1.807) is 17.1 Å². The summed E-state index contributed by atoms with van der Waals surface area (Å²) in [4.78, 5) is 11.2. The van der Waals surface area contributed by atoms with Crippen LogP contribution in [0.3, 0.4) is 0 Å². The van der Waals surface area contributed by atoms with Crippen LogP contribution in [0.4, 0.5) is 0 Å². The molecule has 5 nitrogen and oxygen atoms in total. The van der Waals surface area contributed by atoms with Crippen LogP contribution in [0.5, 0.6) is 0 Å². The molecule has 0 atom stereocenters. The Balaban J connectivity index is 2.30. The van der Waals surface area contributed by atoms with Gasteiger partial charge in [0.05, 0.1) is 12.3 Å². The van der Waals surface area contributed by atoms with E-state index in [9.17, 15) is 15.0 Å². The molecule has 2 rings (SSSR count). The van der Waals surface area contributed by atoms with Crippen molar-refractivity contribution >= 4 is 5.97 Å². The number of aliphatic hydroxyl groups excluding tert-OH is 1. The average Bonchev–Trinajstić information content (AvgIpc) is 2.60. The lowest BCUT2D eigenvalue weighted by Crippen LogP contribution is -2.50. The monoisotopic (exact) mass is 210 g/mol. The molecule has 0 bridgehead atoms. The summed E-state index contributed by atoms with van der Waals surface area (Å²) in [6, 6.07) is 0. The Kier molecular flexibility index (Phi) is 2.26. The molecule has 1 aromatic rings. The van der Waals surface area contributed by atoms with E-state index in [-0.39, 0.29) is 12.8 Å². The van der Waals surface area contributed by atoms with Gasteiger partial charge >= 0.3 is 5.97 Å². The summed E-state index contributed by atoms with van der Waals surface area (Å²) in [6.07, 6.45) is 3.42. The Morgan fingerprint density at radius 2 is 2.40 bits per heavy atom. The first kappa shape index (κ1) is 10.2. The highest BCUT2D eigenvalue weighted by atomic mass is 16.4. The maximum Gasteiger partial charge on any atom is 0.314 e. The van der Waals surface area contributed by atoms with E-state index in [2.05, 4.69) is 5.10 Å². The molecule has 2 N–H and O–H groups in total. The summed E-state index contributed by atoms with van der Waals surface area (Å²) >= 11 is 0. The minimum atomic E-state index is -0.910. The molecular weight excluding hydrogens is 196 g/mol. The average molecular weight is 210 g/mol. The summed E-state index contributed by atoms with van der Waals surface area (Å²) in [5, 5.41) is 22.5. The number of carboxylic acids is 1. The van der Waals surface area contributed by atoms with Gasteiger partial charge in [-0.05, 0) is 19.8 Å². The lowest BCUT2D eigenvalue weighted by molar-refractivity contribution is -0.152. The summed E-state index contributed by atoms with van der Waals surface area (Å²) in [5.41, 5.74) is -0.213. The van der Waals surface area contributed by atoms with Crippen molar-refractivity contribution in [3.8, 4) is 0 Å². The van der Waals surface area contributed by atoms with Gasteiger partial charge in [0, 0.05) is 18.3 Å². The van der Waals surface area contributed by atoms with Gasteiger partial charge in [-0.1, -0.05) is 0 Å². The Morgan fingerprint density at radius 1 is 1.73 bits per heavy atom. The highest BCUT2D eigenvalue weighted by Crippen LogP contribution is 2.43. The minimum Gasteiger partial charge on any atom is -0.481 e. The Bertz CT molecular complexity index is 380. The molecule has 5 heteroatoms. The molecule has 1 saturated carbocycles. The second kappa shape index (κ2) is 3.34. The molecule has 0 aromatic carbocycles. The Morgan fingerprint density at radius 3 is 2.80 bits per heavy atom. The van der Waals surface area contributed by atoms with Crippen molar-refractivity contribution in [1.82, 2.24) is 9.78 Å². The van der Waals surface area contributed by atoms with E-state index in [0.717, 1.165) is 6.54 Å². The molecule has 1 heterocycles. The van der Waals surface area contributed by atoms with Gasteiger partial charge in [-0.15, -0.1) is 0 Å². The molecule has 1 fully saturated rings. The smallest absolute Gasteiger partial charge is 0.314 e. The highest BCUT2D eigenvalue weighted by Gasteiger charge is 2.52. The van der Waals surface area contributed by atoms with Gasteiger partial charge in [0.1, 0.15) is 5.41 Å². The molecular formula is C10H14N2O3.